The topological polar surface area (TPSA) is 75.1 Å². The first-order valence-electron chi connectivity index (χ1n) is 11.3. The number of carbonyl (C=O) groups is 1. The molecule has 0 aliphatic carbocycles. The van der Waals surface area contributed by atoms with E-state index in [4.69, 9.17) is 18.9 Å². The van der Waals surface area contributed by atoms with Crippen molar-refractivity contribution in [3.8, 4) is 34.1 Å². The Kier molecular flexibility index (Phi) is 6.95. The van der Waals surface area contributed by atoms with Gasteiger partial charge >= 0.3 is 0 Å². The second kappa shape index (κ2) is 10.1. The number of aromatic nitrogens is 2. The highest BCUT2D eigenvalue weighted by Gasteiger charge is 2.25. The molecule has 8 nitrogen and oxygen atoms in total. The van der Waals surface area contributed by atoms with E-state index in [1.54, 1.807) is 21.3 Å². The number of hydrogen-bond donors (Lipinski definition) is 0. The zero-order chi connectivity index (χ0) is 24.2. The lowest BCUT2D eigenvalue weighted by molar-refractivity contribution is -0.132. The zero-order valence-corrected chi connectivity index (χ0v) is 20.4. The van der Waals surface area contributed by atoms with Crippen LogP contribution in [0.5, 0.6) is 23.0 Å². The average molecular weight is 466 g/mol. The van der Waals surface area contributed by atoms with Gasteiger partial charge in [-0.2, -0.15) is 5.10 Å². The van der Waals surface area contributed by atoms with Gasteiger partial charge in [-0.15, -0.1) is 0 Å². The first-order chi connectivity index (χ1) is 16.4. The van der Waals surface area contributed by atoms with Crippen LogP contribution in [-0.4, -0.2) is 55.1 Å². The number of ether oxygens (including phenoxy) is 4. The van der Waals surface area contributed by atoms with Crippen molar-refractivity contribution < 1.29 is 23.7 Å². The van der Waals surface area contributed by atoms with Crippen LogP contribution < -0.4 is 18.9 Å². The molecule has 1 aliphatic rings. The lowest BCUT2D eigenvalue weighted by Crippen LogP contribution is -2.33. The second-order valence-corrected chi connectivity index (χ2v) is 8.27. The summed E-state index contributed by atoms with van der Waals surface area (Å²) in [6.45, 7) is 5.82. The third-order valence-electron chi connectivity index (χ3n) is 6.03. The smallest absolute Gasteiger partial charge is 0.224 e. The highest BCUT2D eigenvalue weighted by Crippen LogP contribution is 2.44. The fourth-order valence-electron chi connectivity index (χ4n) is 4.39. The summed E-state index contributed by atoms with van der Waals surface area (Å²) in [6, 6.07) is 11.6. The van der Waals surface area contributed by atoms with Crippen molar-refractivity contribution >= 4 is 5.91 Å². The normalized spacial score (nSPS) is 13.0. The molecule has 0 atom stereocenters. The molecule has 1 aliphatic heterocycles. The van der Waals surface area contributed by atoms with Crippen molar-refractivity contribution in [2.45, 2.75) is 33.4 Å². The first kappa shape index (κ1) is 23.5. The predicted molar refractivity (Wildman–Crippen MR) is 129 cm³/mol. The summed E-state index contributed by atoms with van der Waals surface area (Å²) < 4.78 is 24.8. The molecule has 4 rings (SSSR count). The molecule has 3 aromatic rings. The molecule has 2 aromatic carbocycles. The molecule has 2 heterocycles. The molecule has 0 spiro atoms. The number of methoxy groups -OCH3 is 3. The monoisotopic (exact) mass is 465 g/mol. The van der Waals surface area contributed by atoms with Crippen molar-refractivity contribution in [1.82, 2.24) is 14.7 Å². The highest BCUT2D eigenvalue weighted by molar-refractivity contribution is 5.80. The Morgan fingerprint density at radius 1 is 1.03 bits per heavy atom. The molecule has 34 heavy (non-hydrogen) atoms. The van der Waals surface area contributed by atoms with E-state index < -0.39 is 0 Å². The van der Waals surface area contributed by atoms with Crippen LogP contribution in [0.4, 0.5) is 0 Å². The molecule has 0 saturated heterocycles. The van der Waals surface area contributed by atoms with Crippen LogP contribution in [0.2, 0.25) is 0 Å². The van der Waals surface area contributed by atoms with E-state index in [0.717, 1.165) is 28.1 Å². The number of carbonyl (C=O) groups excluding carboxylic acids is 1. The van der Waals surface area contributed by atoms with Crippen LogP contribution in [0.15, 0.2) is 36.4 Å². The Bertz CT molecular complexity index is 1170. The van der Waals surface area contributed by atoms with Gasteiger partial charge in [-0.1, -0.05) is 6.07 Å². The SMILES string of the molecule is COc1cc(-c2c(OC)cccc2OC)cc2c1OCCN(C(=O)CCn1nc(C)cc1C)C2. The van der Waals surface area contributed by atoms with Crippen LogP contribution >= 0.6 is 0 Å². The van der Waals surface area contributed by atoms with E-state index >= 15 is 0 Å². The van der Waals surface area contributed by atoms with Gasteiger partial charge in [-0.3, -0.25) is 9.48 Å². The summed E-state index contributed by atoms with van der Waals surface area (Å²) in [5, 5.41) is 4.46. The largest absolute Gasteiger partial charge is 0.496 e. The van der Waals surface area contributed by atoms with Gasteiger partial charge in [-0.05, 0) is 49.7 Å². The van der Waals surface area contributed by atoms with Crippen LogP contribution in [0.25, 0.3) is 11.1 Å². The molecule has 1 amide bonds. The second-order valence-electron chi connectivity index (χ2n) is 8.27. The zero-order valence-electron chi connectivity index (χ0n) is 20.4. The summed E-state index contributed by atoms with van der Waals surface area (Å²) in [6.07, 6.45) is 0.369. The number of nitrogens with zero attached hydrogens (tertiary/aromatic N) is 3. The molecule has 8 heteroatoms. The number of fused-ring (bicyclic) bond motifs is 1. The van der Waals surface area contributed by atoms with E-state index in [2.05, 4.69) is 5.10 Å². The fraction of sp³-hybridized carbons (Fsp3) is 0.385. The average Bonchev–Trinajstić information content (AvgIpc) is 3.03. The third-order valence-corrected chi connectivity index (χ3v) is 6.03. The molecule has 0 bridgehead atoms. The van der Waals surface area contributed by atoms with E-state index in [-0.39, 0.29) is 5.91 Å². The predicted octanol–water partition coefficient (Wildman–Crippen LogP) is 4.00. The van der Waals surface area contributed by atoms with Gasteiger partial charge in [0.05, 0.1) is 39.1 Å². The van der Waals surface area contributed by atoms with Crippen molar-refractivity contribution in [1.29, 1.82) is 0 Å². The molecule has 1 aromatic heterocycles. The Morgan fingerprint density at radius 2 is 1.74 bits per heavy atom. The minimum atomic E-state index is 0.0586. The van der Waals surface area contributed by atoms with E-state index in [0.29, 0.717) is 55.7 Å². The summed E-state index contributed by atoms with van der Waals surface area (Å²) in [5.41, 5.74) is 4.56. The summed E-state index contributed by atoms with van der Waals surface area (Å²) >= 11 is 0. The molecule has 0 N–H and O–H groups in total. The summed E-state index contributed by atoms with van der Waals surface area (Å²) in [5.74, 6) is 2.71. The molecule has 0 fully saturated rings. The molecule has 0 saturated carbocycles. The van der Waals surface area contributed by atoms with Crippen LogP contribution in [0.3, 0.4) is 0 Å². The molecule has 0 radical (unpaired) electrons. The molecule has 0 unspecified atom stereocenters. The number of amides is 1. The first-order valence-corrected chi connectivity index (χ1v) is 11.3. The van der Waals surface area contributed by atoms with E-state index in [1.165, 1.54) is 0 Å². The molecule has 180 valence electrons. The van der Waals surface area contributed by atoms with Crippen molar-refractivity contribution in [2.24, 2.45) is 0 Å². The minimum Gasteiger partial charge on any atom is -0.496 e. The minimum absolute atomic E-state index is 0.0586. The summed E-state index contributed by atoms with van der Waals surface area (Å²) in [4.78, 5) is 15.0. The van der Waals surface area contributed by atoms with E-state index in [9.17, 15) is 4.79 Å². The van der Waals surface area contributed by atoms with Gasteiger partial charge in [0.1, 0.15) is 18.1 Å². The van der Waals surface area contributed by atoms with Gasteiger partial charge < -0.3 is 23.8 Å². The number of benzene rings is 2. The Hall–Kier alpha value is -3.68. The summed E-state index contributed by atoms with van der Waals surface area (Å²) in [7, 11) is 4.88. The third kappa shape index (κ3) is 4.66. The van der Waals surface area contributed by atoms with E-state index in [1.807, 2.05) is 59.8 Å². The number of rotatable bonds is 7. The highest BCUT2D eigenvalue weighted by atomic mass is 16.5. The maximum atomic E-state index is 13.1. The number of aryl methyl sites for hydroxylation is 3. The van der Waals surface area contributed by atoms with Crippen molar-refractivity contribution in [3.63, 3.8) is 0 Å². The van der Waals surface area contributed by atoms with Gasteiger partial charge in [-0.25, -0.2) is 0 Å². The molecular weight excluding hydrogens is 434 g/mol. The van der Waals surface area contributed by atoms with Gasteiger partial charge in [0.25, 0.3) is 0 Å². The van der Waals surface area contributed by atoms with Crippen LogP contribution in [0, 0.1) is 13.8 Å². The van der Waals surface area contributed by atoms with Gasteiger partial charge in [0.15, 0.2) is 11.5 Å². The van der Waals surface area contributed by atoms with Gasteiger partial charge in [0, 0.05) is 30.8 Å². The number of hydrogen-bond acceptors (Lipinski definition) is 6. The van der Waals surface area contributed by atoms with Crippen molar-refractivity contribution in [2.75, 3.05) is 34.5 Å². The lowest BCUT2D eigenvalue weighted by Gasteiger charge is -2.21. The Balaban J connectivity index is 1.64. The van der Waals surface area contributed by atoms with Crippen LogP contribution in [-0.2, 0) is 17.9 Å². The van der Waals surface area contributed by atoms with Crippen molar-refractivity contribution in [3.05, 3.63) is 53.3 Å². The van der Waals surface area contributed by atoms with Crippen LogP contribution in [0.1, 0.15) is 23.4 Å². The lowest BCUT2D eigenvalue weighted by atomic mass is 9.99. The molecular formula is C26H31N3O5. The van der Waals surface area contributed by atoms with Gasteiger partial charge in [0.2, 0.25) is 5.91 Å². The maximum Gasteiger partial charge on any atom is 0.224 e. The Morgan fingerprint density at radius 3 is 2.35 bits per heavy atom. The standard InChI is InChI=1S/C26H31N3O5/c1-17-13-18(2)29(27-17)10-9-24(30)28-11-12-34-26-20(16-28)14-19(15-23(26)33-5)25-21(31-3)7-6-8-22(25)32-4/h6-8,13-15H,9-12,16H2,1-5H3. The maximum absolute atomic E-state index is 13.1. The Labute approximate surface area is 200 Å². The fourth-order valence-corrected chi connectivity index (χ4v) is 4.39. The quantitative estimate of drug-likeness (QED) is 0.525.